The van der Waals surface area contributed by atoms with Crippen LogP contribution < -0.4 is 0 Å². The van der Waals surface area contributed by atoms with E-state index in [2.05, 4.69) is 18.4 Å². The summed E-state index contributed by atoms with van der Waals surface area (Å²) in [6.45, 7) is 10.3. The van der Waals surface area contributed by atoms with Gasteiger partial charge in [0, 0.05) is 18.1 Å². The fourth-order valence-corrected chi connectivity index (χ4v) is 1.85. The molecule has 94 valence electrons. The van der Waals surface area contributed by atoms with Gasteiger partial charge in [0.1, 0.15) is 0 Å². The third-order valence-corrected chi connectivity index (χ3v) is 2.88. The lowest BCUT2D eigenvalue weighted by Gasteiger charge is -2.23. The van der Waals surface area contributed by atoms with Crippen LogP contribution >= 0.6 is 11.6 Å². The maximum atomic E-state index is 10.1. The molecule has 0 aliphatic heterocycles. The van der Waals surface area contributed by atoms with E-state index in [-0.39, 0.29) is 0 Å². The van der Waals surface area contributed by atoms with Crippen molar-refractivity contribution in [2.45, 2.75) is 20.0 Å². The van der Waals surface area contributed by atoms with Gasteiger partial charge in [0.25, 0.3) is 0 Å². The average molecular weight is 254 g/mol. The van der Waals surface area contributed by atoms with Crippen molar-refractivity contribution in [1.29, 1.82) is 0 Å². The zero-order chi connectivity index (χ0) is 12.8. The molecule has 1 rings (SSSR count). The van der Waals surface area contributed by atoms with Gasteiger partial charge in [-0.1, -0.05) is 42.8 Å². The quantitative estimate of drug-likeness (QED) is 0.787. The van der Waals surface area contributed by atoms with Gasteiger partial charge >= 0.3 is 0 Å². The molecular formula is C14H20ClNO. The standard InChI is InChI=1S/C14H20ClNO/c1-4-16(9-11(2)3)10-14(17)12-5-7-13(15)8-6-12/h5-8,14,17H,2,4,9-10H2,1,3H3/t14-/m1/s1. The van der Waals surface area contributed by atoms with Crippen LogP contribution in [0.1, 0.15) is 25.5 Å². The molecule has 0 aliphatic rings. The number of rotatable bonds is 6. The molecule has 1 aromatic carbocycles. The van der Waals surface area contributed by atoms with Gasteiger partial charge in [-0.3, -0.25) is 4.90 Å². The molecule has 0 fully saturated rings. The highest BCUT2D eigenvalue weighted by molar-refractivity contribution is 6.30. The summed E-state index contributed by atoms with van der Waals surface area (Å²) in [5, 5.41) is 10.8. The first-order chi connectivity index (χ1) is 8.02. The Balaban J connectivity index is 2.60. The van der Waals surface area contributed by atoms with E-state index in [1.165, 1.54) is 0 Å². The first-order valence-corrected chi connectivity index (χ1v) is 6.21. The maximum Gasteiger partial charge on any atom is 0.0917 e. The monoisotopic (exact) mass is 253 g/mol. The van der Waals surface area contributed by atoms with Crippen molar-refractivity contribution in [3.63, 3.8) is 0 Å². The van der Waals surface area contributed by atoms with Crippen molar-refractivity contribution in [3.8, 4) is 0 Å². The highest BCUT2D eigenvalue weighted by Gasteiger charge is 2.12. The molecule has 3 heteroatoms. The molecule has 2 nitrogen and oxygen atoms in total. The average Bonchev–Trinajstić information content (AvgIpc) is 2.28. The number of halogens is 1. The Morgan fingerprint density at radius 2 is 2.00 bits per heavy atom. The summed E-state index contributed by atoms with van der Waals surface area (Å²) in [5.74, 6) is 0. The lowest BCUT2D eigenvalue weighted by molar-refractivity contribution is 0.121. The smallest absolute Gasteiger partial charge is 0.0917 e. The van der Waals surface area contributed by atoms with Crippen LogP contribution in [0.5, 0.6) is 0 Å². The van der Waals surface area contributed by atoms with E-state index in [4.69, 9.17) is 11.6 Å². The topological polar surface area (TPSA) is 23.5 Å². The summed E-state index contributed by atoms with van der Waals surface area (Å²) in [5.41, 5.74) is 2.00. The molecule has 0 radical (unpaired) electrons. The summed E-state index contributed by atoms with van der Waals surface area (Å²) in [6.07, 6.45) is -0.480. The minimum atomic E-state index is -0.480. The lowest BCUT2D eigenvalue weighted by atomic mass is 10.1. The summed E-state index contributed by atoms with van der Waals surface area (Å²) in [4.78, 5) is 2.17. The second-order valence-electron chi connectivity index (χ2n) is 4.35. The Labute approximate surface area is 109 Å². The Hall–Kier alpha value is -0.830. The summed E-state index contributed by atoms with van der Waals surface area (Å²) in [6, 6.07) is 7.33. The minimum absolute atomic E-state index is 0.480. The van der Waals surface area contributed by atoms with Crippen LogP contribution in [0.4, 0.5) is 0 Å². The predicted molar refractivity (Wildman–Crippen MR) is 73.3 cm³/mol. The van der Waals surface area contributed by atoms with Crippen LogP contribution in [-0.2, 0) is 0 Å². The molecule has 0 saturated carbocycles. The highest BCUT2D eigenvalue weighted by atomic mass is 35.5. The first kappa shape index (κ1) is 14.2. The molecule has 0 aromatic heterocycles. The number of hydrogen-bond acceptors (Lipinski definition) is 2. The van der Waals surface area contributed by atoms with Crippen LogP contribution in [0.25, 0.3) is 0 Å². The van der Waals surface area contributed by atoms with Crippen molar-refractivity contribution in [2.75, 3.05) is 19.6 Å². The van der Waals surface area contributed by atoms with Crippen LogP contribution in [-0.4, -0.2) is 29.6 Å². The van der Waals surface area contributed by atoms with Gasteiger partial charge in [0.2, 0.25) is 0 Å². The molecule has 1 aromatic rings. The third-order valence-electron chi connectivity index (χ3n) is 2.63. The van der Waals surface area contributed by atoms with Gasteiger partial charge in [0.15, 0.2) is 0 Å². The number of hydrogen-bond donors (Lipinski definition) is 1. The molecule has 0 unspecified atom stereocenters. The van der Waals surface area contributed by atoms with E-state index in [9.17, 15) is 5.11 Å². The number of nitrogens with zero attached hydrogens (tertiary/aromatic N) is 1. The van der Waals surface area contributed by atoms with Crippen molar-refractivity contribution >= 4 is 11.6 Å². The SMILES string of the molecule is C=C(C)CN(CC)C[C@@H](O)c1ccc(Cl)cc1. The van der Waals surface area contributed by atoms with Crippen LogP contribution in [0.2, 0.25) is 5.02 Å². The molecule has 0 amide bonds. The van der Waals surface area contributed by atoms with E-state index in [1.807, 2.05) is 19.1 Å². The van der Waals surface area contributed by atoms with Gasteiger partial charge < -0.3 is 5.11 Å². The van der Waals surface area contributed by atoms with Gasteiger partial charge in [-0.2, -0.15) is 0 Å². The van der Waals surface area contributed by atoms with E-state index in [0.717, 1.165) is 24.2 Å². The Morgan fingerprint density at radius 1 is 1.41 bits per heavy atom. The van der Waals surface area contributed by atoms with E-state index in [1.54, 1.807) is 12.1 Å². The Morgan fingerprint density at radius 3 is 2.47 bits per heavy atom. The van der Waals surface area contributed by atoms with Crippen molar-refractivity contribution in [3.05, 3.63) is 47.0 Å². The predicted octanol–water partition coefficient (Wildman–Crippen LogP) is 3.27. The van der Waals surface area contributed by atoms with E-state index >= 15 is 0 Å². The number of benzene rings is 1. The highest BCUT2D eigenvalue weighted by Crippen LogP contribution is 2.17. The minimum Gasteiger partial charge on any atom is -0.387 e. The van der Waals surface area contributed by atoms with E-state index in [0.29, 0.717) is 11.6 Å². The number of likely N-dealkylation sites (N-methyl/N-ethyl adjacent to an activating group) is 1. The van der Waals surface area contributed by atoms with Crippen LogP contribution in [0, 0.1) is 0 Å². The third kappa shape index (κ3) is 4.90. The Kier molecular flexibility index (Phi) is 5.69. The summed E-state index contributed by atoms with van der Waals surface area (Å²) < 4.78 is 0. The number of aliphatic hydroxyl groups is 1. The van der Waals surface area contributed by atoms with Gasteiger partial charge in [0.05, 0.1) is 6.10 Å². The molecular weight excluding hydrogens is 234 g/mol. The summed E-state index contributed by atoms with van der Waals surface area (Å²) >= 11 is 5.81. The fourth-order valence-electron chi connectivity index (χ4n) is 1.72. The maximum absolute atomic E-state index is 10.1. The fraction of sp³-hybridized carbons (Fsp3) is 0.429. The molecule has 17 heavy (non-hydrogen) atoms. The molecule has 0 spiro atoms. The molecule has 0 aliphatic carbocycles. The van der Waals surface area contributed by atoms with Gasteiger partial charge in [-0.25, -0.2) is 0 Å². The number of aliphatic hydroxyl groups excluding tert-OH is 1. The van der Waals surface area contributed by atoms with Gasteiger partial charge in [-0.15, -0.1) is 0 Å². The largest absolute Gasteiger partial charge is 0.387 e. The van der Waals surface area contributed by atoms with Crippen molar-refractivity contribution < 1.29 is 5.11 Å². The molecule has 0 heterocycles. The van der Waals surface area contributed by atoms with Gasteiger partial charge in [-0.05, 0) is 31.2 Å². The lowest BCUT2D eigenvalue weighted by Crippen LogP contribution is -2.29. The van der Waals surface area contributed by atoms with Crippen LogP contribution in [0.15, 0.2) is 36.4 Å². The normalized spacial score (nSPS) is 12.8. The zero-order valence-electron chi connectivity index (χ0n) is 10.5. The van der Waals surface area contributed by atoms with E-state index < -0.39 is 6.10 Å². The first-order valence-electron chi connectivity index (χ1n) is 5.83. The molecule has 1 atom stereocenters. The second-order valence-corrected chi connectivity index (χ2v) is 4.79. The second kappa shape index (κ2) is 6.80. The molecule has 0 bridgehead atoms. The molecule has 1 N–H and O–H groups in total. The van der Waals surface area contributed by atoms with Crippen LogP contribution in [0.3, 0.4) is 0 Å². The van der Waals surface area contributed by atoms with Crippen molar-refractivity contribution in [2.24, 2.45) is 0 Å². The summed E-state index contributed by atoms with van der Waals surface area (Å²) in [7, 11) is 0. The zero-order valence-corrected chi connectivity index (χ0v) is 11.2. The van der Waals surface area contributed by atoms with Crippen molar-refractivity contribution in [1.82, 2.24) is 4.90 Å². The molecule has 0 saturated heterocycles. The Bertz CT molecular complexity index is 361.